The molecule has 2 aromatic carbocycles. The number of nitrogens with one attached hydrogen (secondary N) is 2. The van der Waals surface area contributed by atoms with Crippen LogP contribution in [0.3, 0.4) is 0 Å². The van der Waals surface area contributed by atoms with E-state index in [1.54, 1.807) is 0 Å². The molecular formula is C25H26N2O3. The van der Waals surface area contributed by atoms with Crippen LogP contribution in [0.5, 0.6) is 0 Å². The third-order valence-corrected chi connectivity index (χ3v) is 5.99. The van der Waals surface area contributed by atoms with Crippen LogP contribution in [0.15, 0.2) is 59.8 Å². The molecule has 0 fully saturated rings. The van der Waals surface area contributed by atoms with Gasteiger partial charge in [-0.3, -0.25) is 14.4 Å². The molecule has 0 unspecified atom stereocenters. The lowest BCUT2D eigenvalue weighted by Gasteiger charge is -2.33. The number of benzene rings is 2. The molecule has 1 heterocycles. The summed E-state index contributed by atoms with van der Waals surface area (Å²) < 4.78 is 0. The van der Waals surface area contributed by atoms with Gasteiger partial charge >= 0.3 is 0 Å². The van der Waals surface area contributed by atoms with E-state index in [-0.39, 0.29) is 29.9 Å². The minimum absolute atomic E-state index is 0.0607. The van der Waals surface area contributed by atoms with Crippen LogP contribution in [-0.2, 0) is 14.4 Å². The fraction of sp³-hybridized carbons (Fsp3) is 0.320. The molecule has 2 amide bonds. The molecule has 2 atom stereocenters. The third kappa shape index (κ3) is 4.35. The first-order valence-electron chi connectivity index (χ1n) is 10.4. The number of ketones is 1. The van der Waals surface area contributed by atoms with Gasteiger partial charge in [-0.25, -0.2) is 0 Å². The zero-order valence-corrected chi connectivity index (χ0v) is 17.3. The van der Waals surface area contributed by atoms with Gasteiger partial charge in [-0.15, -0.1) is 0 Å². The van der Waals surface area contributed by atoms with Crippen LogP contribution in [0.1, 0.15) is 48.3 Å². The molecule has 30 heavy (non-hydrogen) atoms. The van der Waals surface area contributed by atoms with Crippen LogP contribution < -0.4 is 10.6 Å². The topological polar surface area (TPSA) is 75.3 Å². The fourth-order valence-electron chi connectivity index (χ4n) is 4.22. The second-order valence-corrected chi connectivity index (χ2v) is 8.40. The van der Waals surface area contributed by atoms with Crippen LogP contribution in [0.4, 0.5) is 5.69 Å². The Morgan fingerprint density at radius 1 is 0.933 bits per heavy atom. The summed E-state index contributed by atoms with van der Waals surface area (Å²) in [6.07, 6.45) is 1.49. The van der Waals surface area contributed by atoms with Crippen molar-refractivity contribution >= 4 is 23.3 Å². The SMILES string of the molecule is Cc1ccc(NC(=O)C[C@@H]2CC3=C(C[C@@H](c4ccc(C)cc4)CC3=O)NC2=O)cc1. The van der Waals surface area contributed by atoms with E-state index in [1.165, 1.54) is 5.56 Å². The maximum absolute atomic E-state index is 12.8. The number of carbonyl (C=O) groups is 3. The van der Waals surface area contributed by atoms with Crippen LogP contribution >= 0.6 is 0 Å². The van der Waals surface area contributed by atoms with Gasteiger partial charge in [0.2, 0.25) is 11.8 Å². The zero-order valence-electron chi connectivity index (χ0n) is 17.3. The van der Waals surface area contributed by atoms with Crippen molar-refractivity contribution < 1.29 is 14.4 Å². The van der Waals surface area contributed by atoms with Gasteiger partial charge in [-0.05, 0) is 50.3 Å². The number of anilines is 1. The fourth-order valence-corrected chi connectivity index (χ4v) is 4.22. The average Bonchev–Trinajstić information content (AvgIpc) is 2.71. The van der Waals surface area contributed by atoms with Crippen molar-refractivity contribution in [3.63, 3.8) is 0 Å². The summed E-state index contributed by atoms with van der Waals surface area (Å²) >= 11 is 0. The Balaban J connectivity index is 1.43. The van der Waals surface area contributed by atoms with Crippen molar-refractivity contribution in [3.8, 4) is 0 Å². The average molecular weight is 402 g/mol. The minimum Gasteiger partial charge on any atom is -0.329 e. The zero-order chi connectivity index (χ0) is 21.3. The number of allylic oxidation sites excluding steroid dienone is 2. The molecule has 0 aromatic heterocycles. The molecule has 4 rings (SSSR count). The maximum Gasteiger partial charge on any atom is 0.228 e. The van der Waals surface area contributed by atoms with Crippen molar-refractivity contribution in [3.05, 3.63) is 76.5 Å². The van der Waals surface area contributed by atoms with Gasteiger partial charge in [0.1, 0.15) is 0 Å². The first-order chi connectivity index (χ1) is 14.4. The molecular weight excluding hydrogens is 376 g/mol. The van der Waals surface area contributed by atoms with Crippen molar-refractivity contribution in [2.75, 3.05) is 5.32 Å². The first kappa shape index (κ1) is 20.1. The lowest BCUT2D eigenvalue weighted by Crippen LogP contribution is -2.41. The number of hydrogen-bond acceptors (Lipinski definition) is 3. The Labute approximate surface area is 176 Å². The highest BCUT2D eigenvalue weighted by atomic mass is 16.2. The molecule has 1 aliphatic carbocycles. The number of carbonyl (C=O) groups excluding carboxylic acids is 3. The molecule has 0 saturated carbocycles. The highest BCUT2D eigenvalue weighted by molar-refractivity contribution is 6.02. The van der Waals surface area contributed by atoms with E-state index in [0.29, 0.717) is 30.5 Å². The molecule has 0 spiro atoms. The molecule has 2 aliphatic rings. The summed E-state index contributed by atoms with van der Waals surface area (Å²) in [5.74, 6) is -0.757. The molecule has 0 bridgehead atoms. The van der Waals surface area contributed by atoms with Crippen LogP contribution in [0, 0.1) is 19.8 Å². The lowest BCUT2D eigenvalue weighted by atomic mass is 9.77. The van der Waals surface area contributed by atoms with Gasteiger partial charge in [0.05, 0.1) is 5.92 Å². The summed E-state index contributed by atoms with van der Waals surface area (Å²) in [5, 5.41) is 5.76. The highest BCUT2D eigenvalue weighted by Crippen LogP contribution is 2.38. The van der Waals surface area contributed by atoms with E-state index in [0.717, 1.165) is 16.8 Å². The Kier molecular flexibility index (Phi) is 5.53. The third-order valence-electron chi connectivity index (χ3n) is 5.99. The summed E-state index contributed by atoms with van der Waals surface area (Å²) in [4.78, 5) is 37.9. The molecule has 5 heteroatoms. The van der Waals surface area contributed by atoms with Gasteiger partial charge in [0.15, 0.2) is 5.78 Å². The molecule has 154 valence electrons. The second kappa shape index (κ2) is 8.27. The van der Waals surface area contributed by atoms with E-state index < -0.39 is 5.92 Å². The highest BCUT2D eigenvalue weighted by Gasteiger charge is 2.37. The Bertz CT molecular complexity index is 1020. The Hall–Kier alpha value is -3.21. The molecule has 2 aromatic rings. The van der Waals surface area contributed by atoms with E-state index in [1.807, 2.05) is 50.2 Å². The summed E-state index contributed by atoms with van der Waals surface area (Å²) in [6, 6.07) is 15.7. The predicted octanol–water partition coefficient (Wildman–Crippen LogP) is 4.17. The van der Waals surface area contributed by atoms with E-state index >= 15 is 0 Å². The Morgan fingerprint density at radius 2 is 1.57 bits per heavy atom. The van der Waals surface area contributed by atoms with Gasteiger partial charge in [-0.1, -0.05) is 47.5 Å². The maximum atomic E-state index is 12.8. The van der Waals surface area contributed by atoms with Gasteiger partial charge < -0.3 is 10.6 Å². The molecule has 0 saturated heterocycles. The molecule has 5 nitrogen and oxygen atoms in total. The predicted molar refractivity (Wildman–Crippen MR) is 116 cm³/mol. The number of amides is 2. The van der Waals surface area contributed by atoms with Crippen LogP contribution in [0.25, 0.3) is 0 Å². The minimum atomic E-state index is -0.519. The number of Topliss-reactive ketones (excluding diaryl/α,β-unsaturated/α-hetero) is 1. The molecule has 1 aliphatic heterocycles. The summed E-state index contributed by atoms with van der Waals surface area (Å²) in [7, 11) is 0. The smallest absolute Gasteiger partial charge is 0.228 e. The standard InChI is InChI=1S/C25H26N2O3/c1-15-3-7-17(8-4-15)18-12-22-21(23(28)13-18)11-19(25(30)27-22)14-24(29)26-20-9-5-16(2)6-10-20/h3-10,18-19H,11-14H2,1-2H3,(H,26,29)(H,27,30)/t18-,19+/m1/s1. The van der Waals surface area contributed by atoms with Crippen molar-refractivity contribution in [2.45, 2.75) is 45.4 Å². The van der Waals surface area contributed by atoms with Crippen molar-refractivity contribution in [2.24, 2.45) is 5.92 Å². The molecule has 0 radical (unpaired) electrons. The summed E-state index contributed by atoms with van der Waals surface area (Å²) in [6.45, 7) is 4.01. The largest absolute Gasteiger partial charge is 0.329 e. The Morgan fingerprint density at radius 3 is 2.23 bits per heavy atom. The van der Waals surface area contributed by atoms with Crippen molar-refractivity contribution in [1.82, 2.24) is 5.32 Å². The quantitative estimate of drug-likeness (QED) is 0.806. The lowest BCUT2D eigenvalue weighted by molar-refractivity contribution is -0.129. The van der Waals surface area contributed by atoms with Gasteiger partial charge in [-0.2, -0.15) is 0 Å². The number of aryl methyl sites for hydroxylation is 2. The van der Waals surface area contributed by atoms with E-state index in [2.05, 4.69) is 22.8 Å². The van der Waals surface area contributed by atoms with Crippen molar-refractivity contribution in [1.29, 1.82) is 0 Å². The number of hydrogen-bond donors (Lipinski definition) is 2. The normalized spacial score (nSPS) is 21.1. The van der Waals surface area contributed by atoms with Crippen LogP contribution in [-0.4, -0.2) is 17.6 Å². The van der Waals surface area contributed by atoms with E-state index in [4.69, 9.17) is 0 Å². The number of rotatable bonds is 4. The van der Waals surface area contributed by atoms with Gasteiger partial charge in [0, 0.05) is 29.8 Å². The second-order valence-electron chi connectivity index (χ2n) is 8.40. The van der Waals surface area contributed by atoms with E-state index in [9.17, 15) is 14.4 Å². The van der Waals surface area contributed by atoms with Gasteiger partial charge in [0.25, 0.3) is 0 Å². The molecule has 2 N–H and O–H groups in total. The monoisotopic (exact) mass is 402 g/mol. The first-order valence-corrected chi connectivity index (χ1v) is 10.4. The van der Waals surface area contributed by atoms with Crippen LogP contribution in [0.2, 0.25) is 0 Å². The summed E-state index contributed by atoms with van der Waals surface area (Å²) in [5.41, 5.74) is 5.53.